The molecule has 7 heteroatoms. The maximum absolute atomic E-state index is 13.0. The molecule has 4 rings (SSSR count). The standard InChI is InChI=1S/C20H23N5O2/c1-5-6-10-25-18(26)16-17(22(4)20(25)27)21-19-23(11-12-24(16)19)15-9-7-8-13(2)14(15)3/h5-9H,10-12H2,1-4H3/b6-5+. The molecule has 1 aliphatic rings. The highest BCUT2D eigenvalue weighted by atomic mass is 16.2. The minimum atomic E-state index is -0.347. The lowest BCUT2D eigenvalue weighted by Crippen LogP contribution is -2.39. The van der Waals surface area contributed by atoms with Crippen LogP contribution in [0.4, 0.5) is 11.6 Å². The summed E-state index contributed by atoms with van der Waals surface area (Å²) in [5.41, 5.74) is 3.79. The Labute approximate surface area is 156 Å². The van der Waals surface area contributed by atoms with Gasteiger partial charge in [0.25, 0.3) is 5.56 Å². The summed E-state index contributed by atoms with van der Waals surface area (Å²) < 4.78 is 4.66. The number of aromatic nitrogens is 4. The highest BCUT2D eigenvalue weighted by molar-refractivity contribution is 5.78. The minimum Gasteiger partial charge on any atom is -0.310 e. The van der Waals surface area contributed by atoms with Gasteiger partial charge in [0.15, 0.2) is 11.2 Å². The molecule has 0 saturated carbocycles. The van der Waals surface area contributed by atoms with Crippen molar-refractivity contribution in [2.75, 3.05) is 11.4 Å². The largest absolute Gasteiger partial charge is 0.332 e. The van der Waals surface area contributed by atoms with Gasteiger partial charge in [-0.25, -0.2) is 4.79 Å². The second kappa shape index (κ2) is 6.26. The molecule has 3 aromatic rings. The van der Waals surface area contributed by atoms with E-state index in [0.29, 0.717) is 17.7 Å². The van der Waals surface area contributed by atoms with Crippen molar-refractivity contribution in [2.45, 2.75) is 33.9 Å². The van der Waals surface area contributed by atoms with Crippen LogP contribution in [0.2, 0.25) is 0 Å². The summed E-state index contributed by atoms with van der Waals surface area (Å²) in [6.45, 7) is 7.72. The summed E-state index contributed by atoms with van der Waals surface area (Å²) in [7, 11) is 1.67. The number of benzene rings is 1. The van der Waals surface area contributed by atoms with Gasteiger partial charge in [0.2, 0.25) is 5.95 Å². The van der Waals surface area contributed by atoms with E-state index in [0.717, 1.165) is 18.2 Å². The van der Waals surface area contributed by atoms with Crippen molar-refractivity contribution >= 4 is 22.8 Å². The molecule has 1 aliphatic heterocycles. The molecule has 0 saturated heterocycles. The molecular weight excluding hydrogens is 342 g/mol. The molecule has 0 aliphatic carbocycles. The maximum atomic E-state index is 13.0. The molecule has 7 nitrogen and oxygen atoms in total. The third-order valence-electron chi connectivity index (χ3n) is 5.39. The molecule has 0 N–H and O–H groups in total. The second-order valence-electron chi connectivity index (χ2n) is 6.93. The Morgan fingerprint density at radius 1 is 1.19 bits per heavy atom. The van der Waals surface area contributed by atoms with Crippen molar-refractivity contribution in [2.24, 2.45) is 7.05 Å². The zero-order chi connectivity index (χ0) is 19.3. The van der Waals surface area contributed by atoms with Gasteiger partial charge in [-0.05, 0) is 38.0 Å². The Hall–Kier alpha value is -3.09. The zero-order valence-electron chi connectivity index (χ0n) is 16.1. The molecule has 0 atom stereocenters. The smallest absolute Gasteiger partial charge is 0.310 e. The molecule has 0 fully saturated rings. The van der Waals surface area contributed by atoms with E-state index in [1.54, 1.807) is 13.1 Å². The molecule has 0 spiro atoms. The van der Waals surface area contributed by atoms with Crippen LogP contribution in [0.15, 0.2) is 39.9 Å². The monoisotopic (exact) mass is 365 g/mol. The summed E-state index contributed by atoms with van der Waals surface area (Å²) in [6.07, 6.45) is 3.64. The summed E-state index contributed by atoms with van der Waals surface area (Å²) >= 11 is 0. The van der Waals surface area contributed by atoms with Crippen LogP contribution in [0, 0.1) is 13.8 Å². The first-order valence-corrected chi connectivity index (χ1v) is 9.10. The highest BCUT2D eigenvalue weighted by Crippen LogP contribution is 2.34. The number of hydrogen-bond acceptors (Lipinski definition) is 4. The van der Waals surface area contributed by atoms with Gasteiger partial charge in [-0.15, -0.1) is 0 Å². The van der Waals surface area contributed by atoms with Crippen LogP contribution < -0.4 is 16.1 Å². The number of fused-ring (bicyclic) bond motifs is 3. The summed E-state index contributed by atoms with van der Waals surface area (Å²) in [5, 5.41) is 0. The van der Waals surface area contributed by atoms with Gasteiger partial charge >= 0.3 is 5.69 Å². The third kappa shape index (κ3) is 2.45. The minimum absolute atomic E-state index is 0.263. The molecule has 0 radical (unpaired) electrons. The molecule has 0 bridgehead atoms. The lowest BCUT2D eigenvalue weighted by Gasteiger charge is -2.19. The van der Waals surface area contributed by atoms with Crippen LogP contribution >= 0.6 is 0 Å². The van der Waals surface area contributed by atoms with Crippen molar-refractivity contribution in [1.29, 1.82) is 0 Å². The van der Waals surface area contributed by atoms with E-state index in [4.69, 9.17) is 0 Å². The lowest BCUT2D eigenvalue weighted by molar-refractivity contribution is 0.661. The predicted molar refractivity (Wildman–Crippen MR) is 107 cm³/mol. The van der Waals surface area contributed by atoms with E-state index in [9.17, 15) is 9.59 Å². The van der Waals surface area contributed by atoms with E-state index in [1.165, 1.54) is 20.3 Å². The Kier molecular flexibility index (Phi) is 4.02. The van der Waals surface area contributed by atoms with Gasteiger partial charge in [0.1, 0.15) is 0 Å². The number of hydrogen-bond donors (Lipinski definition) is 0. The quantitative estimate of drug-likeness (QED) is 0.668. The number of imidazole rings is 1. The number of allylic oxidation sites excluding steroid dienone is 2. The first kappa shape index (κ1) is 17.3. The van der Waals surface area contributed by atoms with Gasteiger partial charge < -0.3 is 9.47 Å². The van der Waals surface area contributed by atoms with Crippen LogP contribution in [0.1, 0.15) is 18.1 Å². The molecule has 1 aromatic carbocycles. The Bertz CT molecular complexity index is 1200. The van der Waals surface area contributed by atoms with E-state index in [1.807, 2.05) is 23.6 Å². The normalized spacial score (nSPS) is 13.9. The highest BCUT2D eigenvalue weighted by Gasteiger charge is 2.29. The van der Waals surface area contributed by atoms with Crippen molar-refractivity contribution in [3.63, 3.8) is 0 Å². The van der Waals surface area contributed by atoms with Gasteiger partial charge in [-0.2, -0.15) is 4.98 Å². The average Bonchev–Trinajstić information content (AvgIpc) is 3.21. The number of anilines is 2. The zero-order valence-corrected chi connectivity index (χ0v) is 16.1. The van der Waals surface area contributed by atoms with Crippen LogP contribution in [-0.2, 0) is 20.1 Å². The van der Waals surface area contributed by atoms with E-state index in [2.05, 4.69) is 35.9 Å². The summed E-state index contributed by atoms with van der Waals surface area (Å²) in [6, 6.07) is 6.19. The van der Waals surface area contributed by atoms with Gasteiger partial charge in [-0.1, -0.05) is 24.3 Å². The van der Waals surface area contributed by atoms with Crippen molar-refractivity contribution in [1.82, 2.24) is 18.7 Å². The second-order valence-corrected chi connectivity index (χ2v) is 6.93. The van der Waals surface area contributed by atoms with Gasteiger partial charge in [0.05, 0.1) is 0 Å². The number of aryl methyl sites for hydroxylation is 2. The molecule has 0 amide bonds. The van der Waals surface area contributed by atoms with Crippen molar-refractivity contribution in [3.8, 4) is 0 Å². The fraction of sp³-hybridized carbons (Fsp3) is 0.350. The van der Waals surface area contributed by atoms with Crippen LogP contribution in [0.25, 0.3) is 11.2 Å². The Morgan fingerprint density at radius 2 is 1.96 bits per heavy atom. The SMILES string of the molecule is C/C=C/Cn1c(=O)c2c(nc3n2CCN3c2cccc(C)c2C)n(C)c1=O. The van der Waals surface area contributed by atoms with E-state index in [-0.39, 0.29) is 17.8 Å². The van der Waals surface area contributed by atoms with Crippen molar-refractivity contribution in [3.05, 3.63) is 62.3 Å². The fourth-order valence-corrected chi connectivity index (χ4v) is 3.71. The fourth-order valence-electron chi connectivity index (χ4n) is 3.71. The van der Waals surface area contributed by atoms with E-state index >= 15 is 0 Å². The van der Waals surface area contributed by atoms with Gasteiger partial charge in [-0.3, -0.25) is 13.9 Å². The molecule has 3 heterocycles. The Balaban J connectivity index is 1.97. The molecule has 0 unspecified atom stereocenters. The van der Waals surface area contributed by atoms with Crippen LogP contribution in [0.3, 0.4) is 0 Å². The third-order valence-corrected chi connectivity index (χ3v) is 5.39. The maximum Gasteiger partial charge on any atom is 0.332 e. The molecule has 2 aromatic heterocycles. The van der Waals surface area contributed by atoms with Crippen LogP contribution in [-0.4, -0.2) is 25.2 Å². The molecule has 27 heavy (non-hydrogen) atoms. The Morgan fingerprint density at radius 3 is 2.70 bits per heavy atom. The number of rotatable bonds is 3. The molecule has 140 valence electrons. The van der Waals surface area contributed by atoms with Crippen LogP contribution in [0.5, 0.6) is 0 Å². The van der Waals surface area contributed by atoms with E-state index < -0.39 is 0 Å². The average molecular weight is 365 g/mol. The number of nitrogens with zero attached hydrogens (tertiary/aromatic N) is 5. The first-order chi connectivity index (χ1) is 13.0. The lowest BCUT2D eigenvalue weighted by atomic mass is 10.1. The molecular formula is C20H23N5O2. The summed E-state index contributed by atoms with van der Waals surface area (Å²) in [5.74, 6) is 0.717. The first-order valence-electron chi connectivity index (χ1n) is 9.10. The summed E-state index contributed by atoms with van der Waals surface area (Å²) in [4.78, 5) is 32.5. The topological polar surface area (TPSA) is 65.1 Å². The van der Waals surface area contributed by atoms with Crippen molar-refractivity contribution < 1.29 is 0 Å². The predicted octanol–water partition coefficient (Wildman–Crippen LogP) is 2.24. The van der Waals surface area contributed by atoms with Gasteiger partial charge in [0, 0.05) is 32.4 Å².